The average molecular weight is 320 g/mol. The summed E-state index contributed by atoms with van der Waals surface area (Å²) in [5.41, 5.74) is 1.18. The fourth-order valence-corrected chi connectivity index (χ4v) is 3.10. The first-order valence-corrected chi connectivity index (χ1v) is 8.26. The van der Waals surface area contributed by atoms with Crippen molar-refractivity contribution in [2.45, 2.75) is 25.2 Å². The maximum atomic E-state index is 12.2. The van der Waals surface area contributed by atoms with Gasteiger partial charge in [0.05, 0.1) is 7.11 Å². The Balaban J connectivity index is 2.10. The van der Waals surface area contributed by atoms with Crippen LogP contribution in [-0.2, 0) is 14.9 Å². The van der Waals surface area contributed by atoms with E-state index in [-0.39, 0.29) is 17.2 Å². The maximum absolute atomic E-state index is 12.2. The van der Waals surface area contributed by atoms with E-state index in [9.17, 15) is 4.79 Å². The van der Waals surface area contributed by atoms with Crippen LogP contribution < -0.4 is 15.4 Å². The first-order chi connectivity index (χ1) is 11.1. The lowest BCUT2D eigenvalue weighted by molar-refractivity contribution is -0.124. The lowest BCUT2D eigenvalue weighted by atomic mass is 9.74. The Hall–Kier alpha value is -1.59. The van der Waals surface area contributed by atoms with Crippen molar-refractivity contribution in [3.8, 4) is 5.75 Å². The predicted octanol–water partition coefficient (Wildman–Crippen LogP) is 1.72. The number of hydrogen-bond acceptors (Lipinski definition) is 4. The standard InChI is InChI=1S/C18H28N2O3/c1-14(12-19-2)17(21)20-13-18(8-10-23-11-9-18)15-4-6-16(22-3)7-5-15/h4-7,14,19H,8-13H2,1-3H3,(H,20,21). The minimum absolute atomic E-state index is 0.0345. The fraction of sp³-hybridized carbons (Fsp3) is 0.611. The summed E-state index contributed by atoms with van der Waals surface area (Å²) in [4.78, 5) is 12.2. The minimum Gasteiger partial charge on any atom is -0.497 e. The van der Waals surface area contributed by atoms with Gasteiger partial charge < -0.3 is 20.1 Å². The second-order valence-corrected chi connectivity index (χ2v) is 6.30. The third kappa shape index (κ3) is 4.45. The molecule has 0 bridgehead atoms. The Bertz CT molecular complexity index is 495. The van der Waals surface area contributed by atoms with E-state index < -0.39 is 0 Å². The number of carbonyl (C=O) groups is 1. The first kappa shape index (κ1) is 17.8. The largest absolute Gasteiger partial charge is 0.497 e. The summed E-state index contributed by atoms with van der Waals surface area (Å²) >= 11 is 0. The molecule has 5 heteroatoms. The van der Waals surface area contributed by atoms with Gasteiger partial charge >= 0.3 is 0 Å². The summed E-state index contributed by atoms with van der Waals surface area (Å²) in [7, 11) is 3.53. The number of amides is 1. The SMILES string of the molecule is CNCC(C)C(=O)NCC1(c2ccc(OC)cc2)CCOCC1. The first-order valence-electron chi connectivity index (χ1n) is 8.26. The van der Waals surface area contributed by atoms with Gasteiger partial charge in [0.25, 0.3) is 0 Å². The molecule has 0 spiro atoms. The zero-order valence-corrected chi connectivity index (χ0v) is 14.4. The summed E-state index contributed by atoms with van der Waals surface area (Å²) in [6.07, 6.45) is 1.83. The van der Waals surface area contributed by atoms with Crippen molar-refractivity contribution in [1.29, 1.82) is 0 Å². The summed E-state index contributed by atoms with van der Waals surface area (Å²) < 4.78 is 10.8. The van der Waals surface area contributed by atoms with Crippen LogP contribution in [0.4, 0.5) is 0 Å². The summed E-state index contributed by atoms with van der Waals surface area (Å²) in [5, 5.41) is 6.18. The normalized spacial score (nSPS) is 18.2. The molecule has 1 amide bonds. The highest BCUT2D eigenvalue weighted by Gasteiger charge is 2.35. The van der Waals surface area contributed by atoms with Gasteiger partial charge in [0.2, 0.25) is 5.91 Å². The minimum atomic E-state index is -0.0560. The van der Waals surface area contributed by atoms with E-state index in [0.717, 1.165) is 31.8 Å². The average Bonchev–Trinajstić information content (AvgIpc) is 2.60. The monoisotopic (exact) mass is 320 g/mol. The van der Waals surface area contributed by atoms with Gasteiger partial charge in [-0.25, -0.2) is 0 Å². The van der Waals surface area contributed by atoms with Crippen molar-refractivity contribution in [3.63, 3.8) is 0 Å². The van der Waals surface area contributed by atoms with E-state index in [2.05, 4.69) is 22.8 Å². The summed E-state index contributed by atoms with van der Waals surface area (Å²) in [6.45, 7) is 4.73. The molecule has 1 heterocycles. The third-order valence-corrected chi connectivity index (χ3v) is 4.71. The van der Waals surface area contributed by atoms with Crippen LogP contribution >= 0.6 is 0 Å². The van der Waals surface area contributed by atoms with E-state index in [0.29, 0.717) is 13.1 Å². The van der Waals surface area contributed by atoms with Crippen LogP contribution in [0.5, 0.6) is 5.75 Å². The van der Waals surface area contributed by atoms with E-state index >= 15 is 0 Å². The highest BCUT2D eigenvalue weighted by Crippen LogP contribution is 2.35. The number of nitrogens with one attached hydrogen (secondary N) is 2. The molecule has 1 aliphatic rings. The molecule has 0 aromatic heterocycles. The van der Waals surface area contributed by atoms with E-state index in [1.165, 1.54) is 5.56 Å². The Morgan fingerprint density at radius 1 is 1.30 bits per heavy atom. The Morgan fingerprint density at radius 2 is 1.96 bits per heavy atom. The van der Waals surface area contributed by atoms with Crippen molar-refractivity contribution in [2.75, 3.05) is 40.5 Å². The van der Waals surface area contributed by atoms with Crippen LogP contribution in [0.1, 0.15) is 25.3 Å². The number of carbonyl (C=O) groups excluding carboxylic acids is 1. The molecule has 1 saturated heterocycles. The van der Waals surface area contributed by atoms with Gasteiger partial charge in [0, 0.05) is 37.6 Å². The van der Waals surface area contributed by atoms with Crippen molar-refractivity contribution >= 4 is 5.91 Å². The van der Waals surface area contributed by atoms with E-state index in [1.807, 2.05) is 26.1 Å². The molecule has 1 atom stereocenters. The summed E-state index contributed by atoms with van der Waals surface area (Å²) in [5.74, 6) is 0.911. The molecule has 2 N–H and O–H groups in total. The molecule has 128 valence electrons. The second kappa shape index (κ2) is 8.31. The fourth-order valence-electron chi connectivity index (χ4n) is 3.10. The Labute approximate surface area is 138 Å². The number of methoxy groups -OCH3 is 1. The maximum Gasteiger partial charge on any atom is 0.224 e. The number of rotatable bonds is 7. The van der Waals surface area contributed by atoms with Gasteiger partial charge in [0.15, 0.2) is 0 Å². The van der Waals surface area contributed by atoms with Crippen LogP contribution in [0.25, 0.3) is 0 Å². The summed E-state index contributed by atoms with van der Waals surface area (Å²) in [6, 6.07) is 8.18. The van der Waals surface area contributed by atoms with Gasteiger partial charge in [-0.1, -0.05) is 19.1 Å². The van der Waals surface area contributed by atoms with Gasteiger partial charge in [-0.2, -0.15) is 0 Å². The van der Waals surface area contributed by atoms with Crippen molar-refractivity contribution in [2.24, 2.45) is 5.92 Å². The molecular formula is C18H28N2O3. The molecule has 1 unspecified atom stereocenters. The molecule has 0 saturated carbocycles. The second-order valence-electron chi connectivity index (χ2n) is 6.30. The van der Waals surface area contributed by atoms with Crippen LogP contribution in [0.3, 0.4) is 0 Å². The van der Waals surface area contributed by atoms with E-state index in [4.69, 9.17) is 9.47 Å². The highest BCUT2D eigenvalue weighted by atomic mass is 16.5. The molecule has 0 aliphatic carbocycles. The Kier molecular flexibility index (Phi) is 6.42. The number of hydrogen-bond donors (Lipinski definition) is 2. The van der Waals surface area contributed by atoms with Gasteiger partial charge in [0.1, 0.15) is 5.75 Å². The number of benzene rings is 1. The molecule has 1 aliphatic heterocycles. The van der Waals surface area contributed by atoms with Crippen LogP contribution in [0, 0.1) is 5.92 Å². The molecular weight excluding hydrogens is 292 g/mol. The third-order valence-electron chi connectivity index (χ3n) is 4.71. The van der Waals surface area contributed by atoms with Gasteiger partial charge in [-0.3, -0.25) is 4.79 Å². The molecule has 1 aromatic carbocycles. The van der Waals surface area contributed by atoms with E-state index in [1.54, 1.807) is 7.11 Å². The van der Waals surface area contributed by atoms with Crippen molar-refractivity contribution in [1.82, 2.24) is 10.6 Å². The zero-order chi connectivity index (χ0) is 16.7. The molecule has 1 aromatic rings. The van der Waals surface area contributed by atoms with Crippen molar-refractivity contribution < 1.29 is 14.3 Å². The van der Waals surface area contributed by atoms with Crippen LogP contribution in [0.15, 0.2) is 24.3 Å². The Morgan fingerprint density at radius 3 is 2.52 bits per heavy atom. The number of ether oxygens (including phenoxy) is 2. The zero-order valence-electron chi connectivity index (χ0n) is 14.4. The lowest BCUT2D eigenvalue weighted by Crippen LogP contribution is -2.46. The lowest BCUT2D eigenvalue weighted by Gasteiger charge is -2.38. The molecule has 5 nitrogen and oxygen atoms in total. The topological polar surface area (TPSA) is 59.6 Å². The quantitative estimate of drug-likeness (QED) is 0.803. The van der Waals surface area contributed by atoms with Crippen LogP contribution in [0.2, 0.25) is 0 Å². The highest BCUT2D eigenvalue weighted by molar-refractivity contribution is 5.78. The molecule has 1 fully saturated rings. The van der Waals surface area contributed by atoms with Crippen molar-refractivity contribution in [3.05, 3.63) is 29.8 Å². The van der Waals surface area contributed by atoms with Gasteiger partial charge in [-0.15, -0.1) is 0 Å². The van der Waals surface area contributed by atoms with Gasteiger partial charge in [-0.05, 0) is 37.6 Å². The molecule has 0 radical (unpaired) electrons. The van der Waals surface area contributed by atoms with Crippen LogP contribution in [-0.4, -0.2) is 46.4 Å². The molecule has 2 rings (SSSR count). The smallest absolute Gasteiger partial charge is 0.224 e. The molecule has 23 heavy (non-hydrogen) atoms. The predicted molar refractivity (Wildman–Crippen MR) is 90.8 cm³/mol.